The van der Waals surface area contributed by atoms with Gasteiger partial charge in [0.15, 0.2) is 11.5 Å². The van der Waals surface area contributed by atoms with Crippen LogP contribution in [0.1, 0.15) is 22.4 Å². The first-order chi connectivity index (χ1) is 14.0. The van der Waals surface area contributed by atoms with Crippen LogP contribution in [0.25, 0.3) is 11.0 Å². The summed E-state index contributed by atoms with van der Waals surface area (Å²) in [4.78, 5) is 34.1. The maximum atomic E-state index is 13.5. The fraction of sp³-hybridized carbons (Fsp3) is 0.0500. The number of furan rings is 2. The quantitative estimate of drug-likeness (QED) is 0.512. The number of aromatic nitrogens is 2. The molecule has 5 rings (SSSR count). The zero-order chi connectivity index (χ0) is 20.1. The highest BCUT2D eigenvalue weighted by Crippen LogP contribution is 2.41. The van der Waals surface area contributed by atoms with Crippen molar-refractivity contribution in [1.29, 1.82) is 0 Å². The van der Waals surface area contributed by atoms with Crippen molar-refractivity contribution in [2.45, 2.75) is 6.04 Å². The number of aromatic amines is 1. The summed E-state index contributed by atoms with van der Waals surface area (Å²) in [6.07, 6.45) is 2.70. The van der Waals surface area contributed by atoms with Crippen molar-refractivity contribution in [1.82, 2.24) is 9.97 Å². The van der Waals surface area contributed by atoms with Crippen LogP contribution in [0.5, 0.6) is 0 Å². The average Bonchev–Trinajstić information content (AvgIpc) is 3.49. The molecule has 0 saturated heterocycles. The van der Waals surface area contributed by atoms with E-state index in [1.54, 1.807) is 12.1 Å². The van der Waals surface area contributed by atoms with E-state index >= 15 is 0 Å². The number of nitrogens with one attached hydrogen (secondary N) is 1. The Kier molecular flexibility index (Phi) is 3.63. The van der Waals surface area contributed by atoms with Crippen molar-refractivity contribution >= 4 is 28.7 Å². The molecule has 8 nitrogen and oxygen atoms in total. The van der Waals surface area contributed by atoms with Crippen LogP contribution in [-0.2, 0) is 4.79 Å². The van der Waals surface area contributed by atoms with Crippen LogP contribution in [0, 0.1) is 5.82 Å². The van der Waals surface area contributed by atoms with Crippen molar-refractivity contribution in [2.75, 3.05) is 4.90 Å². The van der Waals surface area contributed by atoms with E-state index in [1.165, 1.54) is 42.9 Å². The molecule has 4 aromatic rings. The smallest absolute Gasteiger partial charge is 0.296 e. The number of nitrogens with zero attached hydrogens (tertiary/aromatic N) is 2. The van der Waals surface area contributed by atoms with Crippen LogP contribution in [-0.4, -0.2) is 26.8 Å². The van der Waals surface area contributed by atoms with Crippen LogP contribution in [0.4, 0.5) is 10.3 Å². The molecule has 4 heterocycles. The minimum atomic E-state index is -1.08. The van der Waals surface area contributed by atoms with Gasteiger partial charge in [-0.2, -0.15) is 0 Å². The molecule has 1 atom stereocenters. The molecule has 0 bridgehead atoms. The minimum absolute atomic E-state index is 0.0331. The van der Waals surface area contributed by atoms with Gasteiger partial charge in [0.2, 0.25) is 11.7 Å². The first kappa shape index (κ1) is 17.0. The maximum Gasteiger partial charge on any atom is 0.296 e. The van der Waals surface area contributed by atoms with Crippen LogP contribution in [0.3, 0.4) is 0 Å². The summed E-state index contributed by atoms with van der Waals surface area (Å²) in [6, 6.07) is 8.96. The van der Waals surface area contributed by atoms with Gasteiger partial charge in [-0.05, 0) is 42.5 Å². The predicted molar refractivity (Wildman–Crippen MR) is 97.7 cm³/mol. The lowest BCUT2D eigenvalue weighted by Crippen LogP contribution is -2.31. The van der Waals surface area contributed by atoms with E-state index in [0.29, 0.717) is 11.0 Å². The summed E-state index contributed by atoms with van der Waals surface area (Å²) in [5.41, 5.74) is 0.570. The van der Waals surface area contributed by atoms with Gasteiger partial charge in [0, 0.05) is 0 Å². The molecule has 0 radical (unpaired) electrons. The van der Waals surface area contributed by atoms with Gasteiger partial charge in [0.25, 0.3) is 5.91 Å². The number of rotatable bonds is 4. The predicted octanol–water partition coefficient (Wildman–Crippen LogP) is 3.67. The SMILES string of the molecule is O=C(C1=C(O)C(=O)N(c2nc3ccc(F)cc3[nH]2)C1c1ccco1)c1ccco1. The first-order valence-electron chi connectivity index (χ1n) is 8.58. The second kappa shape index (κ2) is 6.20. The monoisotopic (exact) mass is 393 g/mol. The van der Waals surface area contributed by atoms with Crippen molar-refractivity contribution in [3.63, 3.8) is 0 Å². The molecular weight excluding hydrogens is 381 g/mol. The Bertz CT molecular complexity index is 1270. The zero-order valence-corrected chi connectivity index (χ0v) is 14.6. The molecule has 1 aromatic carbocycles. The third kappa shape index (κ3) is 2.55. The molecule has 0 saturated carbocycles. The lowest BCUT2D eigenvalue weighted by atomic mass is 10.00. The number of anilines is 1. The fourth-order valence-electron chi connectivity index (χ4n) is 3.39. The number of aliphatic hydroxyl groups excluding tert-OH is 1. The highest BCUT2D eigenvalue weighted by molar-refractivity contribution is 6.19. The highest BCUT2D eigenvalue weighted by Gasteiger charge is 2.47. The summed E-state index contributed by atoms with van der Waals surface area (Å²) in [7, 11) is 0. The standard InChI is InChI=1S/C20H12FN3O5/c21-10-5-6-11-12(9-10)23-20(22-11)24-16(13-3-1-7-28-13)15(18(26)19(24)27)17(25)14-4-2-8-29-14/h1-9,16,26H,(H,22,23). The summed E-state index contributed by atoms with van der Waals surface area (Å²) >= 11 is 0. The summed E-state index contributed by atoms with van der Waals surface area (Å²) in [6.45, 7) is 0. The number of aliphatic hydroxyl groups is 1. The molecule has 2 N–H and O–H groups in total. The van der Waals surface area contributed by atoms with Crippen molar-refractivity contribution < 1.29 is 27.9 Å². The Morgan fingerprint density at radius 2 is 1.97 bits per heavy atom. The van der Waals surface area contributed by atoms with Crippen molar-refractivity contribution in [3.05, 3.63) is 83.7 Å². The first-order valence-corrected chi connectivity index (χ1v) is 8.58. The van der Waals surface area contributed by atoms with Gasteiger partial charge in [0.1, 0.15) is 17.6 Å². The molecule has 29 heavy (non-hydrogen) atoms. The molecule has 3 aromatic heterocycles. The van der Waals surface area contributed by atoms with Gasteiger partial charge < -0.3 is 18.9 Å². The van der Waals surface area contributed by atoms with Gasteiger partial charge in [-0.3, -0.25) is 14.5 Å². The Balaban J connectivity index is 1.67. The average molecular weight is 393 g/mol. The lowest BCUT2D eigenvalue weighted by Gasteiger charge is -2.21. The van der Waals surface area contributed by atoms with Gasteiger partial charge in [-0.15, -0.1) is 0 Å². The Morgan fingerprint density at radius 3 is 2.69 bits per heavy atom. The Morgan fingerprint density at radius 1 is 1.17 bits per heavy atom. The molecule has 1 aliphatic rings. The fourth-order valence-corrected chi connectivity index (χ4v) is 3.39. The van der Waals surface area contributed by atoms with E-state index < -0.39 is 29.3 Å². The number of amides is 1. The molecule has 1 aliphatic heterocycles. The largest absolute Gasteiger partial charge is 0.503 e. The summed E-state index contributed by atoms with van der Waals surface area (Å²) < 4.78 is 24.1. The number of ketones is 1. The number of carbonyl (C=O) groups is 2. The zero-order valence-electron chi connectivity index (χ0n) is 14.6. The van der Waals surface area contributed by atoms with E-state index in [-0.39, 0.29) is 23.0 Å². The minimum Gasteiger partial charge on any atom is -0.503 e. The lowest BCUT2D eigenvalue weighted by molar-refractivity contribution is -0.117. The van der Waals surface area contributed by atoms with E-state index in [2.05, 4.69) is 9.97 Å². The van der Waals surface area contributed by atoms with Crippen LogP contribution < -0.4 is 4.90 Å². The summed E-state index contributed by atoms with van der Waals surface area (Å²) in [5, 5.41) is 10.5. The third-order valence-electron chi connectivity index (χ3n) is 4.67. The van der Waals surface area contributed by atoms with Gasteiger partial charge >= 0.3 is 0 Å². The molecular formula is C20H12FN3O5. The van der Waals surface area contributed by atoms with E-state index in [0.717, 1.165) is 4.90 Å². The van der Waals surface area contributed by atoms with E-state index in [4.69, 9.17) is 8.83 Å². The van der Waals surface area contributed by atoms with E-state index in [1.807, 2.05) is 0 Å². The van der Waals surface area contributed by atoms with Crippen LogP contribution in [0.2, 0.25) is 0 Å². The van der Waals surface area contributed by atoms with Gasteiger partial charge in [-0.25, -0.2) is 9.37 Å². The molecule has 1 unspecified atom stereocenters. The van der Waals surface area contributed by atoms with Crippen LogP contribution in [0.15, 0.2) is 75.2 Å². The van der Waals surface area contributed by atoms with Crippen molar-refractivity contribution in [3.8, 4) is 0 Å². The molecule has 9 heteroatoms. The second-order valence-corrected chi connectivity index (χ2v) is 6.38. The number of Topliss-reactive ketones (excluding diaryl/α,β-unsaturated/α-hetero) is 1. The topological polar surface area (TPSA) is 113 Å². The second-order valence-electron chi connectivity index (χ2n) is 6.38. The molecule has 0 aliphatic carbocycles. The maximum absolute atomic E-state index is 13.5. The van der Waals surface area contributed by atoms with E-state index in [9.17, 15) is 19.1 Å². The number of imidazole rings is 1. The molecule has 0 spiro atoms. The number of halogens is 1. The van der Waals surface area contributed by atoms with Gasteiger partial charge in [-0.1, -0.05) is 0 Å². The molecule has 1 amide bonds. The number of hydrogen-bond acceptors (Lipinski definition) is 6. The number of H-pyrrole nitrogens is 1. The molecule has 0 fully saturated rings. The highest BCUT2D eigenvalue weighted by atomic mass is 19.1. The molecule has 144 valence electrons. The normalized spacial score (nSPS) is 16.9. The Hall–Kier alpha value is -4.14. The number of fused-ring (bicyclic) bond motifs is 1. The van der Waals surface area contributed by atoms with Crippen molar-refractivity contribution in [2.24, 2.45) is 0 Å². The van der Waals surface area contributed by atoms with Gasteiger partial charge in [0.05, 0.1) is 29.1 Å². The number of carbonyl (C=O) groups excluding carboxylic acids is 2. The number of benzene rings is 1. The summed E-state index contributed by atoms with van der Waals surface area (Å²) in [5.74, 6) is -2.48. The third-order valence-corrected chi connectivity index (χ3v) is 4.67. The Labute approximate surface area is 161 Å². The number of hydrogen-bond donors (Lipinski definition) is 2. The van der Waals surface area contributed by atoms with Crippen LogP contribution >= 0.6 is 0 Å².